The van der Waals surface area contributed by atoms with Crippen LogP contribution in [0.2, 0.25) is 0 Å². The molecule has 0 aliphatic carbocycles. The van der Waals surface area contributed by atoms with Crippen LogP contribution in [0.5, 0.6) is 5.88 Å². The van der Waals surface area contributed by atoms with Gasteiger partial charge in [0.2, 0.25) is 11.8 Å². The number of carbonyl (C=O) groups excluding carboxylic acids is 2. The molecule has 3 atom stereocenters. The summed E-state index contributed by atoms with van der Waals surface area (Å²) in [5, 5.41) is 9.71. The number of fused-ring (bicyclic) bond motifs is 1. The zero-order valence-electron chi connectivity index (χ0n) is 18.2. The number of aliphatic hydroxyl groups is 1. The van der Waals surface area contributed by atoms with Crippen molar-refractivity contribution in [1.29, 1.82) is 0 Å². The van der Waals surface area contributed by atoms with E-state index in [1.165, 1.54) is 19.1 Å². The molecule has 0 unspecified atom stereocenters. The lowest BCUT2D eigenvalue weighted by Crippen LogP contribution is -2.50. The second-order valence-electron chi connectivity index (χ2n) is 8.11. The molecule has 1 N–H and O–H groups in total. The third-order valence-electron chi connectivity index (χ3n) is 5.69. The molecule has 2 heterocycles. The quantitative estimate of drug-likeness (QED) is 0.790. The van der Waals surface area contributed by atoms with Crippen LogP contribution in [-0.4, -0.2) is 70.6 Å². The minimum atomic E-state index is -0.401. The van der Waals surface area contributed by atoms with Crippen molar-refractivity contribution in [2.45, 2.75) is 32.9 Å². The zero-order valence-corrected chi connectivity index (χ0v) is 18.2. The number of benzene rings is 1. The van der Waals surface area contributed by atoms with Crippen LogP contribution >= 0.6 is 0 Å². The number of aliphatic hydroxyl groups excluding tert-OH is 1. The number of rotatable bonds is 5. The molecule has 1 aliphatic heterocycles. The fourth-order valence-electron chi connectivity index (χ4n) is 3.52. The normalized spacial score (nSPS) is 19.7. The van der Waals surface area contributed by atoms with Gasteiger partial charge < -0.3 is 19.6 Å². The van der Waals surface area contributed by atoms with Crippen LogP contribution in [0.1, 0.15) is 31.1 Å². The van der Waals surface area contributed by atoms with Crippen molar-refractivity contribution in [1.82, 2.24) is 14.8 Å². The van der Waals surface area contributed by atoms with E-state index < -0.39 is 12.1 Å². The minimum absolute atomic E-state index is 0.0886. The van der Waals surface area contributed by atoms with E-state index >= 15 is 0 Å². The highest BCUT2D eigenvalue weighted by Crippen LogP contribution is 2.30. The molecule has 8 heteroatoms. The van der Waals surface area contributed by atoms with E-state index in [1.807, 2.05) is 6.92 Å². The second kappa shape index (κ2) is 9.43. The molecule has 2 aromatic rings. The molecule has 1 aromatic carbocycles. The maximum absolute atomic E-state index is 13.4. The predicted octanol–water partition coefficient (Wildman–Crippen LogP) is 2.59. The van der Waals surface area contributed by atoms with Gasteiger partial charge in [0.05, 0.1) is 19.2 Å². The minimum Gasteiger partial charge on any atom is -0.472 e. The summed E-state index contributed by atoms with van der Waals surface area (Å²) in [6.07, 6.45) is 1.19. The number of carbonyl (C=O) groups is 2. The van der Waals surface area contributed by atoms with Gasteiger partial charge in [0.1, 0.15) is 17.5 Å². The van der Waals surface area contributed by atoms with Crippen LogP contribution in [0.4, 0.5) is 4.39 Å². The van der Waals surface area contributed by atoms with E-state index in [2.05, 4.69) is 4.98 Å². The molecule has 1 aliphatic rings. The average molecular weight is 429 g/mol. The highest BCUT2D eigenvalue weighted by Gasteiger charge is 2.34. The number of nitrogens with zero attached hydrogens (tertiary/aromatic N) is 3. The Balaban J connectivity index is 2.05. The van der Waals surface area contributed by atoms with Gasteiger partial charge in [-0.2, -0.15) is 0 Å². The molecule has 7 nitrogen and oxygen atoms in total. The van der Waals surface area contributed by atoms with Crippen LogP contribution in [0.25, 0.3) is 11.1 Å². The van der Waals surface area contributed by atoms with Gasteiger partial charge in [-0.15, -0.1) is 0 Å². The summed E-state index contributed by atoms with van der Waals surface area (Å²) in [5.41, 5.74) is 1.64. The fourth-order valence-corrected chi connectivity index (χ4v) is 3.52. The first-order valence-corrected chi connectivity index (χ1v) is 10.3. The molecule has 3 rings (SSSR count). The van der Waals surface area contributed by atoms with Crippen molar-refractivity contribution in [3.8, 4) is 17.0 Å². The standard InChI is InChI=1S/C23H28FN3O4/c1-14-11-27(15(2)13-28)23(30)20-9-18(17-5-7-19(24)8-6-17)10-25-22(20)31-21(14)12-26(4)16(3)29/h5-10,14-15,21,28H,11-13H2,1-4H3/t14-,15+,21-/m1/s1. The molecule has 31 heavy (non-hydrogen) atoms. The van der Waals surface area contributed by atoms with E-state index in [0.29, 0.717) is 18.7 Å². The van der Waals surface area contributed by atoms with Gasteiger partial charge in [0, 0.05) is 38.2 Å². The number of amides is 2. The summed E-state index contributed by atoms with van der Waals surface area (Å²) in [6.45, 7) is 5.72. The van der Waals surface area contributed by atoms with Crippen LogP contribution in [0.15, 0.2) is 36.5 Å². The number of hydrogen-bond acceptors (Lipinski definition) is 5. The highest BCUT2D eigenvalue weighted by molar-refractivity contribution is 5.98. The van der Waals surface area contributed by atoms with Crippen molar-refractivity contribution in [3.63, 3.8) is 0 Å². The van der Waals surface area contributed by atoms with Crippen LogP contribution in [0.3, 0.4) is 0 Å². The Labute approximate surface area is 181 Å². The number of hydrogen-bond donors (Lipinski definition) is 1. The van der Waals surface area contributed by atoms with Crippen molar-refractivity contribution >= 4 is 11.8 Å². The second-order valence-corrected chi connectivity index (χ2v) is 8.11. The predicted molar refractivity (Wildman–Crippen MR) is 114 cm³/mol. The lowest BCUT2D eigenvalue weighted by molar-refractivity contribution is -0.129. The Morgan fingerprint density at radius 3 is 2.65 bits per heavy atom. The molecular weight excluding hydrogens is 401 g/mol. The summed E-state index contributed by atoms with van der Waals surface area (Å²) in [7, 11) is 1.70. The van der Waals surface area contributed by atoms with E-state index in [1.54, 1.807) is 48.2 Å². The van der Waals surface area contributed by atoms with Crippen molar-refractivity contribution in [3.05, 3.63) is 47.9 Å². The van der Waals surface area contributed by atoms with Crippen LogP contribution in [-0.2, 0) is 4.79 Å². The van der Waals surface area contributed by atoms with Gasteiger partial charge in [0.15, 0.2) is 0 Å². The smallest absolute Gasteiger partial charge is 0.259 e. The number of pyridine rings is 1. The first-order chi connectivity index (χ1) is 14.7. The Bertz CT molecular complexity index is 950. The topological polar surface area (TPSA) is 83.0 Å². The van der Waals surface area contributed by atoms with Gasteiger partial charge in [0.25, 0.3) is 5.91 Å². The van der Waals surface area contributed by atoms with Crippen LogP contribution in [0, 0.1) is 11.7 Å². The summed E-state index contributed by atoms with van der Waals surface area (Å²) in [6, 6.07) is 7.21. The first-order valence-electron chi connectivity index (χ1n) is 10.3. The summed E-state index contributed by atoms with van der Waals surface area (Å²) in [4.78, 5) is 32.7. The largest absolute Gasteiger partial charge is 0.472 e. The Hall–Kier alpha value is -3.00. The Morgan fingerprint density at radius 2 is 2.03 bits per heavy atom. The highest BCUT2D eigenvalue weighted by atomic mass is 19.1. The van der Waals surface area contributed by atoms with Gasteiger partial charge in [-0.05, 0) is 30.7 Å². The fraction of sp³-hybridized carbons (Fsp3) is 0.435. The first kappa shape index (κ1) is 22.7. The molecule has 0 radical (unpaired) electrons. The molecule has 0 saturated carbocycles. The molecule has 0 fully saturated rings. The zero-order chi connectivity index (χ0) is 22.7. The number of aromatic nitrogens is 1. The third kappa shape index (κ3) is 5.02. The SMILES string of the molecule is CC(=O)N(C)C[C@H]1Oc2ncc(-c3ccc(F)cc3)cc2C(=O)N([C@@H](C)CO)C[C@H]1C. The lowest BCUT2D eigenvalue weighted by Gasteiger charge is -2.37. The van der Waals surface area contributed by atoms with E-state index in [0.717, 1.165) is 5.56 Å². The summed E-state index contributed by atoms with van der Waals surface area (Å²) >= 11 is 0. The number of ether oxygens (including phenoxy) is 1. The molecule has 2 amide bonds. The molecule has 0 bridgehead atoms. The van der Waals surface area contributed by atoms with Crippen molar-refractivity contribution in [2.24, 2.45) is 5.92 Å². The van der Waals surface area contributed by atoms with Crippen molar-refractivity contribution < 1.29 is 23.8 Å². The molecule has 0 spiro atoms. The van der Waals surface area contributed by atoms with Gasteiger partial charge >= 0.3 is 0 Å². The van der Waals surface area contributed by atoms with Gasteiger partial charge in [-0.1, -0.05) is 19.1 Å². The average Bonchev–Trinajstić information content (AvgIpc) is 2.75. The van der Waals surface area contributed by atoms with E-state index in [4.69, 9.17) is 4.74 Å². The van der Waals surface area contributed by atoms with Crippen molar-refractivity contribution in [2.75, 3.05) is 26.7 Å². The Morgan fingerprint density at radius 1 is 1.35 bits per heavy atom. The number of halogens is 1. The molecule has 1 aromatic heterocycles. The number of likely N-dealkylation sites (N-methyl/N-ethyl adjacent to an activating group) is 1. The lowest BCUT2D eigenvalue weighted by atomic mass is 9.99. The third-order valence-corrected chi connectivity index (χ3v) is 5.69. The van der Waals surface area contributed by atoms with Crippen LogP contribution < -0.4 is 4.74 Å². The monoisotopic (exact) mass is 429 g/mol. The molecular formula is C23H28FN3O4. The maximum atomic E-state index is 13.4. The van der Waals surface area contributed by atoms with E-state index in [-0.39, 0.29) is 41.6 Å². The Kier molecular flexibility index (Phi) is 6.90. The van der Waals surface area contributed by atoms with Gasteiger partial charge in [-0.25, -0.2) is 9.37 Å². The maximum Gasteiger partial charge on any atom is 0.259 e. The molecule has 0 saturated heterocycles. The molecule has 166 valence electrons. The van der Waals surface area contributed by atoms with E-state index in [9.17, 15) is 19.1 Å². The summed E-state index contributed by atoms with van der Waals surface area (Å²) in [5.74, 6) is -0.657. The van der Waals surface area contributed by atoms with Gasteiger partial charge in [-0.3, -0.25) is 9.59 Å². The summed E-state index contributed by atoms with van der Waals surface area (Å²) < 4.78 is 19.4.